The molecule has 2 rings (SSSR count). The van der Waals surface area contributed by atoms with E-state index in [-0.39, 0.29) is 37.4 Å². The number of benzene rings is 2. The van der Waals surface area contributed by atoms with Gasteiger partial charge in [-0.2, -0.15) is 0 Å². The summed E-state index contributed by atoms with van der Waals surface area (Å²) < 4.78 is 9.83. The molecule has 0 aromatic heterocycles. The molecule has 0 atom stereocenters. The first-order chi connectivity index (χ1) is 18.0. The SMILES string of the molecule is C=C(C)C(=O)OCCNC(=O)Nc1ccc(-c2ccc(N)c(NC(=O)NCCOC(=O)C(=C)C)c2)cc1N. The summed E-state index contributed by atoms with van der Waals surface area (Å²) in [5, 5.41) is 10.4. The number of amides is 4. The first kappa shape index (κ1) is 29.2. The standard InChI is InChI=1S/C26H32N6O6/c1-15(2)23(33)37-11-9-29-25(35)31-21-8-6-17(13-20(21)28)18-5-7-19(27)22(14-18)32-26(36)30-10-12-38-24(34)16(3)4/h5-8,13-14H,1,3,9-12,27-28H2,2,4H3,(H2,29,31,35)(H2,30,32,36). The third-order valence-corrected chi connectivity index (χ3v) is 4.87. The zero-order chi connectivity index (χ0) is 28.2. The van der Waals surface area contributed by atoms with Gasteiger partial charge in [0.05, 0.1) is 35.8 Å². The van der Waals surface area contributed by atoms with Crippen LogP contribution in [0.25, 0.3) is 11.1 Å². The van der Waals surface area contributed by atoms with Gasteiger partial charge in [0.1, 0.15) is 13.2 Å². The first-order valence-corrected chi connectivity index (χ1v) is 11.5. The number of hydrogen-bond donors (Lipinski definition) is 6. The van der Waals surface area contributed by atoms with Crippen LogP contribution in [0.1, 0.15) is 13.8 Å². The lowest BCUT2D eigenvalue weighted by molar-refractivity contribution is -0.139. The third kappa shape index (κ3) is 9.22. The van der Waals surface area contributed by atoms with E-state index < -0.39 is 24.0 Å². The number of nitrogens with two attached hydrogens (primary N) is 2. The van der Waals surface area contributed by atoms with E-state index in [9.17, 15) is 19.2 Å². The van der Waals surface area contributed by atoms with Crippen LogP contribution in [0.2, 0.25) is 0 Å². The maximum absolute atomic E-state index is 12.2. The van der Waals surface area contributed by atoms with E-state index in [0.717, 1.165) is 5.56 Å². The van der Waals surface area contributed by atoms with Gasteiger partial charge in [-0.3, -0.25) is 0 Å². The van der Waals surface area contributed by atoms with Crippen molar-refractivity contribution in [1.29, 1.82) is 0 Å². The fraction of sp³-hybridized carbons (Fsp3) is 0.231. The van der Waals surface area contributed by atoms with Crippen LogP contribution >= 0.6 is 0 Å². The molecule has 0 spiro atoms. The summed E-state index contributed by atoms with van der Waals surface area (Å²) in [6.45, 7) is 10.2. The summed E-state index contributed by atoms with van der Waals surface area (Å²) in [6.07, 6.45) is 0. The van der Waals surface area contributed by atoms with Crippen molar-refractivity contribution in [3.8, 4) is 11.1 Å². The molecule has 8 N–H and O–H groups in total. The number of nitrogens with one attached hydrogen (secondary N) is 4. The molecule has 202 valence electrons. The molecule has 2 aromatic carbocycles. The van der Waals surface area contributed by atoms with Crippen molar-refractivity contribution in [2.24, 2.45) is 0 Å². The second-order valence-electron chi connectivity index (χ2n) is 8.20. The summed E-state index contributed by atoms with van der Waals surface area (Å²) in [5.41, 5.74) is 15.5. The molecule has 0 radical (unpaired) electrons. The van der Waals surface area contributed by atoms with Gasteiger partial charge in [0.15, 0.2) is 0 Å². The second-order valence-corrected chi connectivity index (χ2v) is 8.20. The van der Waals surface area contributed by atoms with Crippen molar-refractivity contribution >= 4 is 46.8 Å². The highest BCUT2D eigenvalue weighted by molar-refractivity contribution is 5.95. The molecule has 38 heavy (non-hydrogen) atoms. The zero-order valence-electron chi connectivity index (χ0n) is 21.3. The maximum atomic E-state index is 12.2. The number of urea groups is 2. The van der Waals surface area contributed by atoms with Crippen molar-refractivity contribution < 1.29 is 28.7 Å². The van der Waals surface area contributed by atoms with Crippen molar-refractivity contribution in [2.45, 2.75) is 13.8 Å². The van der Waals surface area contributed by atoms with Crippen molar-refractivity contribution in [2.75, 3.05) is 48.4 Å². The number of carbonyl (C=O) groups is 4. The molecule has 0 saturated heterocycles. The molecule has 0 unspecified atom stereocenters. The molecule has 2 aromatic rings. The molecule has 0 aliphatic carbocycles. The molecule has 0 aliphatic rings. The Kier molecular flexibility index (Phi) is 10.7. The molecule has 4 amide bonds. The topological polar surface area (TPSA) is 187 Å². The van der Waals surface area contributed by atoms with Crippen molar-refractivity contribution in [3.05, 3.63) is 60.7 Å². The molecular formula is C26H32N6O6. The molecule has 0 saturated carbocycles. The van der Waals surface area contributed by atoms with Crippen LogP contribution in [-0.2, 0) is 19.1 Å². The van der Waals surface area contributed by atoms with Gasteiger partial charge in [-0.25, -0.2) is 19.2 Å². The molecule has 12 nitrogen and oxygen atoms in total. The lowest BCUT2D eigenvalue weighted by atomic mass is 10.0. The lowest BCUT2D eigenvalue weighted by Crippen LogP contribution is -2.32. The van der Waals surface area contributed by atoms with Crippen LogP contribution in [-0.4, -0.2) is 50.3 Å². The van der Waals surface area contributed by atoms with Crippen LogP contribution < -0.4 is 32.7 Å². The Morgan fingerprint density at radius 3 is 1.68 bits per heavy atom. The Hall–Kier alpha value is -5.00. The average Bonchev–Trinajstić information content (AvgIpc) is 2.86. The predicted molar refractivity (Wildman–Crippen MR) is 146 cm³/mol. The minimum absolute atomic E-state index is 0.00151. The van der Waals surface area contributed by atoms with Gasteiger partial charge >= 0.3 is 24.0 Å². The number of nitrogen functional groups attached to an aromatic ring is 2. The highest BCUT2D eigenvalue weighted by atomic mass is 16.5. The number of ether oxygens (including phenoxy) is 2. The molecule has 0 aliphatic heterocycles. The summed E-state index contributed by atoms with van der Waals surface area (Å²) in [5.74, 6) is -1.07. The van der Waals surface area contributed by atoms with Gasteiger partial charge in [-0.15, -0.1) is 0 Å². The molecule has 12 heteroatoms. The van der Waals surface area contributed by atoms with E-state index in [0.29, 0.717) is 28.3 Å². The molecule has 0 heterocycles. The van der Waals surface area contributed by atoms with Crippen LogP contribution in [0.5, 0.6) is 0 Å². The zero-order valence-corrected chi connectivity index (χ0v) is 21.3. The van der Waals surface area contributed by atoms with Crippen LogP contribution in [0.3, 0.4) is 0 Å². The predicted octanol–water partition coefficient (Wildman–Crippen LogP) is 3.00. The quantitative estimate of drug-likeness (QED) is 0.112. The van der Waals surface area contributed by atoms with E-state index in [4.69, 9.17) is 20.9 Å². The van der Waals surface area contributed by atoms with Gasteiger partial charge < -0.3 is 42.2 Å². The Labute approximate surface area is 220 Å². The van der Waals surface area contributed by atoms with Gasteiger partial charge in [0.2, 0.25) is 0 Å². The normalized spacial score (nSPS) is 10.1. The largest absolute Gasteiger partial charge is 0.460 e. The van der Waals surface area contributed by atoms with Crippen molar-refractivity contribution in [3.63, 3.8) is 0 Å². The number of anilines is 4. The lowest BCUT2D eigenvalue weighted by Gasteiger charge is -2.14. The van der Waals surface area contributed by atoms with Gasteiger partial charge in [0, 0.05) is 11.1 Å². The fourth-order valence-corrected chi connectivity index (χ4v) is 2.90. The number of esters is 2. The molecule has 0 fully saturated rings. The fourth-order valence-electron chi connectivity index (χ4n) is 2.90. The van der Waals surface area contributed by atoms with Gasteiger partial charge in [-0.05, 0) is 49.2 Å². The van der Waals surface area contributed by atoms with Crippen LogP contribution in [0.15, 0.2) is 60.7 Å². The summed E-state index contributed by atoms with van der Waals surface area (Å²) in [4.78, 5) is 47.0. The highest BCUT2D eigenvalue weighted by Crippen LogP contribution is 2.31. The summed E-state index contributed by atoms with van der Waals surface area (Å²) in [6, 6.07) is 9.06. The van der Waals surface area contributed by atoms with Gasteiger partial charge in [0.25, 0.3) is 0 Å². The summed E-state index contributed by atoms with van der Waals surface area (Å²) in [7, 11) is 0. The molecular weight excluding hydrogens is 492 g/mol. The van der Waals surface area contributed by atoms with Crippen molar-refractivity contribution in [1.82, 2.24) is 10.6 Å². The second kappa shape index (κ2) is 13.9. The van der Waals surface area contributed by atoms with E-state index in [1.807, 2.05) is 0 Å². The first-order valence-electron chi connectivity index (χ1n) is 11.5. The monoisotopic (exact) mass is 524 g/mol. The molecule has 0 bridgehead atoms. The maximum Gasteiger partial charge on any atom is 0.333 e. The van der Waals surface area contributed by atoms with E-state index in [1.54, 1.807) is 36.4 Å². The Balaban J connectivity index is 1.94. The van der Waals surface area contributed by atoms with Gasteiger partial charge in [-0.1, -0.05) is 25.3 Å². The third-order valence-electron chi connectivity index (χ3n) is 4.87. The Morgan fingerprint density at radius 2 is 1.18 bits per heavy atom. The number of carbonyl (C=O) groups excluding carboxylic acids is 4. The Morgan fingerprint density at radius 1 is 0.711 bits per heavy atom. The number of hydrogen-bond acceptors (Lipinski definition) is 8. The smallest absolute Gasteiger partial charge is 0.333 e. The summed E-state index contributed by atoms with van der Waals surface area (Å²) >= 11 is 0. The van der Waals surface area contributed by atoms with E-state index >= 15 is 0 Å². The van der Waals surface area contributed by atoms with Crippen LogP contribution in [0, 0.1) is 0 Å². The minimum atomic E-state index is -0.535. The number of rotatable bonds is 11. The van der Waals surface area contributed by atoms with E-state index in [1.165, 1.54) is 13.8 Å². The highest BCUT2D eigenvalue weighted by Gasteiger charge is 2.11. The minimum Gasteiger partial charge on any atom is -0.460 e. The Bertz CT molecular complexity index is 1240. The average molecular weight is 525 g/mol. The van der Waals surface area contributed by atoms with Crippen LogP contribution in [0.4, 0.5) is 32.3 Å². The van der Waals surface area contributed by atoms with E-state index in [2.05, 4.69) is 34.4 Å².